The van der Waals surface area contributed by atoms with Crippen LogP contribution in [0.1, 0.15) is 19.8 Å². The Morgan fingerprint density at radius 1 is 1.13 bits per heavy atom. The fraction of sp³-hybridized carbons (Fsp3) is 0.400. The molecule has 1 N–H and O–H groups in total. The highest BCUT2D eigenvalue weighted by atomic mass is 19.4. The van der Waals surface area contributed by atoms with Crippen molar-refractivity contribution >= 4 is 23.5 Å². The third-order valence-corrected chi connectivity index (χ3v) is 4.68. The van der Waals surface area contributed by atoms with E-state index in [-0.39, 0.29) is 11.6 Å². The molecule has 2 aromatic rings. The summed E-state index contributed by atoms with van der Waals surface area (Å²) in [4.78, 5) is 35.0. The summed E-state index contributed by atoms with van der Waals surface area (Å²) in [5.41, 5.74) is 0.249. The Kier molecular flexibility index (Phi) is 6.93. The van der Waals surface area contributed by atoms with Gasteiger partial charge in [-0.3, -0.25) is 9.59 Å². The van der Waals surface area contributed by atoms with Crippen LogP contribution in [0.25, 0.3) is 0 Å². The van der Waals surface area contributed by atoms with E-state index in [2.05, 4.69) is 20.0 Å². The first-order valence-corrected chi connectivity index (χ1v) is 9.60. The monoisotopic (exact) mass is 438 g/mol. The number of carbonyl (C=O) groups excluding carboxylic acids is 2. The minimum Gasteiger partial charge on any atom is -0.452 e. The minimum absolute atomic E-state index is 0.249. The fourth-order valence-electron chi connectivity index (χ4n) is 3.08. The fourth-order valence-corrected chi connectivity index (χ4v) is 3.08. The van der Waals surface area contributed by atoms with Crippen molar-refractivity contribution in [2.75, 3.05) is 23.3 Å². The van der Waals surface area contributed by atoms with Crippen molar-refractivity contribution < 1.29 is 32.2 Å². The van der Waals surface area contributed by atoms with Crippen LogP contribution >= 0.6 is 0 Å². The van der Waals surface area contributed by atoms with Crippen LogP contribution < -0.4 is 15.0 Å². The highest BCUT2D eigenvalue weighted by Crippen LogP contribution is 2.25. The summed E-state index contributed by atoms with van der Waals surface area (Å²) in [5.74, 6) is -1.20. The van der Waals surface area contributed by atoms with Crippen molar-refractivity contribution in [3.8, 4) is 5.75 Å². The average molecular weight is 438 g/mol. The van der Waals surface area contributed by atoms with Gasteiger partial charge in [-0.2, -0.15) is 0 Å². The van der Waals surface area contributed by atoms with Gasteiger partial charge >= 0.3 is 12.3 Å². The van der Waals surface area contributed by atoms with E-state index < -0.39 is 30.1 Å². The number of aromatic nitrogens is 2. The van der Waals surface area contributed by atoms with E-state index in [1.807, 2.05) is 4.90 Å². The predicted molar refractivity (Wildman–Crippen MR) is 104 cm³/mol. The number of alkyl halides is 3. The lowest BCUT2D eigenvalue weighted by Crippen LogP contribution is -2.39. The lowest BCUT2D eigenvalue weighted by molar-refractivity contribution is -0.274. The topological polar surface area (TPSA) is 93.7 Å². The van der Waals surface area contributed by atoms with E-state index >= 15 is 0 Å². The van der Waals surface area contributed by atoms with Gasteiger partial charge in [0, 0.05) is 31.2 Å². The number of halogens is 3. The number of benzene rings is 1. The number of anilines is 2. The molecule has 1 amide bonds. The van der Waals surface area contributed by atoms with Crippen LogP contribution in [0.2, 0.25) is 0 Å². The van der Waals surface area contributed by atoms with E-state index in [0.717, 1.165) is 12.1 Å². The van der Waals surface area contributed by atoms with Crippen LogP contribution in [0, 0.1) is 5.92 Å². The SMILES string of the molecule is CC(OC(=O)C1CCN(c2ncccn2)CC1)C(=O)Nc1ccc(OC(F)(F)F)cc1. The number of carbonyl (C=O) groups is 2. The van der Waals surface area contributed by atoms with Crippen LogP contribution in [0.5, 0.6) is 5.75 Å². The van der Waals surface area contributed by atoms with Crippen molar-refractivity contribution in [1.82, 2.24) is 9.97 Å². The first-order valence-electron chi connectivity index (χ1n) is 9.60. The van der Waals surface area contributed by atoms with Gasteiger partial charge in [-0.05, 0) is 50.1 Å². The van der Waals surface area contributed by atoms with Crippen molar-refractivity contribution in [1.29, 1.82) is 0 Å². The Hall–Kier alpha value is -3.37. The van der Waals surface area contributed by atoms with Crippen LogP contribution in [-0.4, -0.2) is 47.4 Å². The second-order valence-corrected chi connectivity index (χ2v) is 6.95. The number of nitrogens with one attached hydrogen (secondary N) is 1. The van der Waals surface area contributed by atoms with E-state index in [9.17, 15) is 22.8 Å². The molecule has 8 nitrogen and oxygen atoms in total. The lowest BCUT2D eigenvalue weighted by atomic mass is 9.97. The summed E-state index contributed by atoms with van der Waals surface area (Å²) in [7, 11) is 0. The molecule has 11 heteroatoms. The van der Waals surface area contributed by atoms with Crippen molar-refractivity contribution in [2.24, 2.45) is 5.92 Å². The van der Waals surface area contributed by atoms with Gasteiger partial charge in [0.2, 0.25) is 5.95 Å². The Bertz CT molecular complexity index is 886. The van der Waals surface area contributed by atoms with E-state index in [1.54, 1.807) is 18.5 Å². The molecule has 1 atom stereocenters. The maximum Gasteiger partial charge on any atom is 0.573 e. The second kappa shape index (κ2) is 9.63. The van der Waals surface area contributed by atoms with Gasteiger partial charge in [-0.25, -0.2) is 9.97 Å². The number of rotatable bonds is 6. The van der Waals surface area contributed by atoms with E-state index in [1.165, 1.54) is 19.1 Å². The molecule has 0 spiro atoms. The quantitative estimate of drug-likeness (QED) is 0.693. The molecule has 1 aromatic carbocycles. The molecule has 3 rings (SSSR count). The normalized spacial score (nSPS) is 15.8. The van der Waals surface area contributed by atoms with Gasteiger partial charge in [0.05, 0.1) is 5.92 Å². The van der Waals surface area contributed by atoms with E-state index in [0.29, 0.717) is 31.9 Å². The van der Waals surface area contributed by atoms with Crippen molar-refractivity contribution in [3.63, 3.8) is 0 Å². The van der Waals surface area contributed by atoms with Crippen molar-refractivity contribution in [2.45, 2.75) is 32.2 Å². The molecule has 166 valence electrons. The molecular formula is C20H21F3N4O4. The summed E-state index contributed by atoms with van der Waals surface area (Å²) in [6.07, 6.45) is -1.45. The zero-order chi connectivity index (χ0) is 22.4. The largest absolute Gasteiger partial charge is 0.573 e. The number of amides is 1. The van der Waals surface area contributed by atoms with E-state index in [4.69, 9.17) is 4.74 Å². The standard InChI is InChI=1S/C20H21F3N4O4/c1-13(17(28)26-15-3-5-16(6-4-15)31-20(21,22)23)30-18(29)14-7-11-27(12-8-14)19-24-9-2-10-25-19/h2-6,9-10,13-14H,7-8,11-12H2,1H3,(H,26,28). The molecule has 31 heavy (non-hydrogen) atoms. The number of hydrogen-bond donors (Lipinski definition) is 1. The van der Waals surface area contributed by atoms with Gasteiger partial charge in [0.25, 0.3) is 5.91 Å². The number of piperidine rings is 1. The predicted octanol–water partition coefficient (Wildman–Crippen LogP) is 3.16. The summed E-state index contributed by atoms with van der Waals surface area (Å²) in [6, 6.07) is 6.39. The summed E-state index contributed by atoms with van der Waals surface area (Å²) >= 11 is 0. The maximum atomic E-state index is 12.4. The Balaban J connectivity index is 1.45. The van der Waals surface area contributed by atoms with Gasteiger partial charge in [0.15, 0.2) is 6.10 Å². The Morgan fingerprint density at radius 3 is 2.32 bits per heavy atom. The average Bonchev–Trinajstić information content (AvgIpc) is 2.74. The zero-order valence-corrected chi connectivity index (χ0v) is 16.6. The zero-order valence-electron chi connectivity index (χ0n) is 16.6. The third-order valence-electron chi connectivity index (χ3n) is 4.68. The lowest BCUT2D eigenvalue weighted by Gasteiger charge is -2.31. The molecule has 1 aliphatic heterocycles. The maximum absolute atomic E-state index is 12.4. The molecule has 1 saturated heterocycles. The van der Waals surface area contributed by atoms with Crippen LogP contribution in [-0.2, 0) is 14.3 Å². The third kappa shape index (κ3) is 6.56. The summed E-state index contributed by atoms with van der Waals surface area (Å²) in [5, 5.41) is 2.49. The summed E-state index contributed by atoms with van der Waals surface area (Å²) < 4.78 is 45.6. The summed E-state index contributed by atoms with van der Waals surface area (Å²) in [6.45, 7) is 2.62. The first-order chi connectivity index (χ1) is 14.7. The van der Waals surface area contributed by atoms with Crippen LogP contribution in [0.3, 0.4) is 0 Å². The molecule has 1 aliphatic rings. The molecule has 0 saturated carbocycles. The first kappa shape index (κ1) is 22.3. The number of ether oxygens (including phenoxy) is 2. The van der Waals surface area contributed by atoms with Gasteiger partial charge in [0.1, 0.15) is 5.75 Å². The van der Waals surface area contributed by atoms with Gasteiger partial charge < -0.3 is 19.7 Å². The molecule has 0 aliphatic carbocycles. The molecule has 0 bridgehead atoms. The second-order valence-electron chi connectivity index (χ2n) is 6.95. The van der Waals surface area contributed by atoms with Crippen LogP contribution in [0.4, 0.5) is 24.8 Å². The van der Waals surface area contributed by atoms with Crippen LogP contribution in [0.15, 0.2) is 42.7 Å². The molecule has 1 unspecified atom stereocenters. The number of hydrogen-bond acceptors (Lipinski definition) is 7. The van der Waals surface area contributed by atoms with Gasteiger partial charge in [-0.15, -0.1) is 13.2 Å². The number of nitrogens with zero attached hydrogens (tertiary/aromatic N) is 3. The molecule has 1 fully saturated rings. The minimum atomic E-state index is -4.79. The number of esters is 1. The smallest absolute Gasteiger partial charge is 0.452 e. The molecule has 1 aromatic heterocycles. The molecule has 0 radical (unpaired) electrons. The van der Waals surface area contributed by atoms with Crippen molar-refractivity contribution in [3.05, 3.63) is 42.7 Å². The Labute approximate surface area is 176 Å². The Morgan fingerprint density at radius 2 is 1.74 bits per heavy atom. The highest BCUT2D eigenvalue weighted by Gasteiger charge is 2.31. The molecule has 2 heterocycles. The molecular weight excluding hydrogens is 417 g/mol. The van der Waals surface area contributed by atoms with Gasteiger partial charge in [-0.1, -0.05) is 0 Å². The highest BCUT2D eigenvalue weighted by molar-refractivity contribution is 5.95.